The molecule has 0 aliphatic heterocycles. The van der Waals surface area contributed by atoms with Gasteiger partial charge in [0, 0.05) is 12.6 Å². The summed E-state index contributed by atoms with van der Waals surface area (Å²) in [6, 6.07) is 11.5. The van der Waals surface area contributed by atoms with Gasteiger partial charge in [0.15, 0.2) is 0 Å². The number of nitrogens with one attached hydrogen (secondary N) is 1. The molecule has 1 atom stereocenters. The second kappa shape index (κ2) is 13.9. The van der Waals surface area contributed by atoms with Crippen molar-refractivity contribution < 1.29 is 18.0 Å². The number of hydrogen-bond donors (Lipinski definition) is 1. The first kappa shape index (κ1) is 31.2. The Bertz CT molecular complexity index is 1260. The van der Waals surface area contributed by atoms with Crippen molar-refractivity contribution in [1.82, 2.24) is 10.2 Å². The summed E-state index contributed by atoms with van der Waals surface area (Å²) in [6.07, 6.45) is 6.57. The summed E-state index contributed by atoms with van der Waals surface area (Å²) < 4.78 is 27.1. The molecule has 0 spiro atoms. The molecule has 214 valence electrons. The molecule has 0 unspecified atom stereocenters. The maximum atomic E-state index is 14.0. The zero-order chi connectivity index (χ0) is 28.7. The van der Waals surface area contributed by atoms with Crippen LogP contribution >= 0.6 is 23.2 Å². The van der Waals surface area contributed by atoms with E-state index < -0.39 is 28.5 Å². The van der Waals surface area contributed by atoms with Crippen molar-refractivity contribution in [1.29, 1.82) is 0 Å². The monoisotopic (exact) mass is 595 g/mol. The Hall–Kier alpha value is -2.29. The average Bonchev–Trinajstić information content (AvgIpc) is 2.89. The van der Waals surface area contributed by atoms with Crippen LogP contribution in [0.1, 0.15) is 76.3 Å². The van der Waals surface area contributed by atoms with E-state index in [1.165, 1.54) is 4.90 Å². The minimum Gasteiger partial charge on any atom is -0.352 e. The number of para-hydroxylation sites is 1. The van der Waals surface area contributed by atoms with Gasteiger partial charge in [0.1, 0.15) is 12.6 Å². The number of sulfonamides is 1. The molecule has 39 heavy (non-hydrogen) atoms. The molecule has 10 heteroatoms. The second-order valence-electron chi connectivity index (χ2n) is 10.5. The number of benzene rings is 2. The van der Waals surface area contributed by atoms with Gasteiger partial charge in [0.05, 0.1) is 22.0 Å². The Balaban J connectivity index is 1.98. The molecule has 1 saturated carbocycles. The SMILES string of the molecule is CC[C@H](C(=O)NC1CCCCC1)N(Cc1ccc(Cl)c(Cl)c1)C(=O)CN(c1ccccc1C(C)C)S(C)(=O)=O. The normalized spacial score (nSPS) is 15.2. The first-order chi connectivity index (χ1) is 18.4. The molecule has 1 aliphatic rings. The Morgan fingerprint density at radius 1 is 1.03 bits per heavy atom. The predicted molar refractivity (Wildman–Crippen MR) is 159 cm³/mol. The Labute approximate surface area is 242 Å². The standard InChI is InChI=1S/C29H39Cl2N3O4S/c1-5-26(29(36)32-22-11-7-6-8-12-22)33(18-21-15-16-24(30)25(31)17-21)28(35)19-34(39(4,37)38)27-14-10-9-13-23(27)20(2)3/h9-10,13-17,20,22,26H,5-8,11-12,18-19H2,1-4H3,(H,32,36)/t26-/m1/s1. The zero-order valence-electron chi connectivity index (χ0n) is 23.1. The molecule has 2 amide bonds. The van der Waals surface area contributed by atoms with Gasteiger partial charge in [-0.25, -0.2) is 8.42 Å². The van der Waals surface area contributed by atoms with Crippen molar-refractivity contribution in [2.24, 2.45) is 0 Å². The summed E-state index contributed by atoms with van der Waals surface area (Å²) in [4.78, 5) is 29.0. The van der Waals surface area contributed by atoms with Gasteiger partial charge in [-0.1, -0.05) is 87.5 Å². The molecule has 2 aromatic rings. The number of carbonyl (C=O) groups is 2. The van der Waals surface area contributed by atoms with Crippen LogP contribution in [0.4, 0.5) is 5.69 Å². The first-order valence-electron chi connectivity index (χ1n) is 13.5. The maximum Gasteiger partial charge on any atom is 0.244 e. The van der Waals surface area contributed by atoms with Gasteiger partial charge in [0.25, 0.3) is 0 Å². The lowest BCUT2D eigenvalue weighted by molar-refractivity contribution is -0.140. The lowest BCUT2D eigenvalue weighted by Gasteiger charge is -2.34. The molecule has 0 aromatic heterocycles. The van der Waals surface area contributed by atoms with Crippen molar-refractivity contribution >= 4 is 50.7 Å². The van der Waals surface area contributed by atoms with E-state index in [1.807, 2.05) is 32.9 Å². The van der Waals surface area contributed by atoms with Crippen LogP contribution in [-0.4, -0.2) is 50.0 Å². The lowest BCUT2D eigenvalue weighted by Crippen LogP contribution is -2.54. The van der Waals surface area contributed by atoms with Crippen LogP contribution < -0.4 is 9.62 Å². The zero-order valence-corrected chi connectivity index (χ0v) is 25.5. The minimum absolute atomic E-state index is 0.0394. The van der Waals surface area contributed by atoms with Crippen molar-refractivity contribution in [3.05, 3.63) is 63.6 Å². The van der Waals surface area contributed by atoms with Gasteiger partial charge in [-0.05, 0) is 54.5 Å². The van der Waals surface area contributed by atoms with Crippen molar-refractivity contribution in [2.45, 2.75) is 83.8 Å². The fraction of sp³-hybridized carbons (Fsp3) is 0.517. The van der Waals surface area contributed by atoms with Crippen LogP contribution in [0.2, 0.25) is 10.0 Å². The molecular formula is C29H39Cl2N3O4S. The summed E-state index contributed by atoms with van der Waals surface area (Å²) in [5, 5.41) is 3.86. The van der Waals surface area contributed by atoms with Crippen molar-refractivity contribution in [2.75, 3.05) is 17.1 Å². The fourth-order valence-electron chi connectivity index (χ4n) is 5.10. The van der Waals surface area contributed by atoms with E-state index in [0.29, 0.717) is 27.7 Å². The average molecular weight is 597 g/mol. The van der Waals surface area contributed by atoms with Crippen LogP contribution in [0.25, 0.3) is 0 Å². The summed E-state index contributed by atoms with van der Waals surface area (Å²) in [6.45, 7) is 5.44. The van der Waals surface area contributed by atoms with E-state index in [9.17, 15) is 18.0 Å². The first-order valence-corrected chi connectivity index (χ1v) is 16.1. The van der Waals surface area contributed by atoms with E-state index >= 15 is 0 Å². The summed E-state index contributed by atoms with van der Waals surface area (Å²) in [5.41, 5.74) is 1.96. The molecule has 0 saturated heterocycles. The molecule has 3 rings (SSSR count). The quantitative estimate of drug-likeness (QED) is 0.338. The maximum absolute atomic E-state index is 14.0. The van der Waals surface area contributed by atoms with Crippen LogP contribution in [0.5, 0.6) is 0 Å². The molecule has 0 radical (unpaired) electrons. The van der Waals surface area contributed by atoms with Gasteiger partial charge < -0.3 is 10.2 Å². The molecule has 1 aliphatic carbocycles. The number of rotatable bonds is 11. The minimum atomic E-state index is -3.82. The van der Waals surface area contributed by atoms with E-state index in [2.05, 4.69) is 5.32 Å². The van der Waals surface area contributed by atoms with Crippen molar-refractivity contribution in [3.8, 4) is 0 Å². The lowest BCUT2D eigenvalue weighted by atomic mass is 9.95. The molecule has 1 fully saturated rings. The van der Waals surface area contributed by atoms with Crippen LogP contribution in [0.3, 0.4) is 0 Å². The third-order valence-electron chi connectivity index (χ3n) is 7.18. The fourth-order valence-corrected chi connectivity index (χ4v) is 6.29. The Morgan fingerprint density at radius 2 is 1.69 bits per heavy atom. The number of carbonyl (C=O) groups excluding carboxylic acids is 2. The summed E-state index contributed by atoms with van der Waals surface area (Å²) in [5.74, 6) is -0.667. The molecule has 7 nitrogen and oxygen atoms in total. The van der Waals surface area contributed by atoms with Crippen LogP contribution in [-0.2, 0) is 26.2 Å². The third kappa shape index (κ3) is 8.35. The van der Waals surface area contributed by atoms with E-state index in [1.54, 1.807) is 30.3 Å². The van der Waals surface area contributed by atoms with E-state index in [0.717, 1.165) is 48.2 Å². The Morgan fingerprint density at radius 3 is 2.28 bits per heavy atom. The third-order valence-corrected chi connectivity index (χ3v) is 9.05. The second-order valence-corrected chi connectivity index (χ2v) is 13.2. The smallest absolute Gasteiger partial charge is 0.244 e. The van der Waals surface area contributed by atoms with Crippen LogP contribution in [0, 0.1) is 0 Å². The van der Waals surface area contributed by atoms with E-state index in [4.69, 9.17) is 23.2 Å². The molecule has 0 heterocycles. The van der Waals surface area contributed by atoms with Gasteiger partial charge in [-0.2, -0.15) is 0 Å². The van der Waals surface area contributed by atoms with E-state index in [-0.39, 0.29) is 24.4 Å². The molecule has 1 N–H and O–H groups in total. The summed E-state index contributed by atoms with van der Waals surface area (Å²) >= 11 is 12.4. The number of nitrogens with zero attached hydrogens (tertiary/aromatic N) is 2. The number of amides is 2. The van der Waals surface area contributed by atoms with Gasteiger partial charge in [-0.3, -0.25) is 13.9 Å². The highest BCUT2D eigenvalue weighted by atomic mass is 35.5. The van der Waals surface area contributed by atoms with Gasteiger partial charge in [0.2, 0.25) is 21.8 Å². The molecular weight excluding hydrogens is 557 g/mol. The number of halogens is 2. The van der Waals surface area contributed by atoms with Crippen LogP contribution in [0.15, 0.2) is 42.5 Å². The summed E-state index contributed by atoms with van der Waals surface area (Å²) in [7, 11) is -3.82. The predicted octanol–water partition coefficient (Wildman–Crippen LogP) is 6.14. The molecule has 2 aromatic carbocycles. The largest absolute Gasteiger partial charge is 0.352 e. The van der Waals surface area contributed by atoms with Gasteiger partial charge >= 0.3 is 0 Å². The number of hydrogen-bond acceptors (Lipinski definition) is 4. The highest BCUT2D eigenvalue weighted by Gasteiger charge is 2.33. The Kier molecular flexibility index (Phi) is 11.1. The van der Waals surface area contributed by atoms with Crippen molar-refractivity contribution in [3.63, 3.8) is 0 Å². The number of anilines is 1. The highest BCUT2D eigenvalue weighted by Crippen LogP contribution is 2.30. The highest BCUT2D eigenvalue weighted by molar-refractivity contribution is 7.92. The molecule has 0 bridgehead atoms. The van der Waals surface area contributed by atoms with Gasteiger partial charge in [-0.15, -0.1) is 0 Å². The topological polar surface area (TPSA) is 86.8 Å².